The first-order chi connectivity index (χ1) is 6.63. The fourth-order valence-corrected chi connectivity index (χ4v) is 1.02. The number of carboxylic acid groups (broad SMARTS) is 1. The third-order valence-corrected chi connectivity index (χ3v) is 1.60. The van der Waals surface area contributed by atoms with Crippen LogP contribution in [0.4, 0.5) is 4.79 Å². The smallest absolute Gasteiger partial charge is 0.405 e. The predicted octanol–water partition coefficient (Wildman–Crippen LogP) is 1.22. The number of phenols is 1. The first-order valence-corrected chi connectivity index (χ1v) is 3.81. The van der Waals surface area contributed by atoms with Crippen molar-refractivity contribution in [2.45, 2.75) is 6.04 Å². The maximum Gasteiger partial charge on any atom is 0.405 e. The average Bonchev–Trinajstić information content (AvgIpc) is 2.14. The number of hydrogen-bond acceptors (Lipinski definition) is 3. The number of hydrogen-bond donors (Lipinski definition) is 3. The summed E-state index contributed by atoms with van der Waals surface area (Å²) in [6.45, 7) is 0. The fourth-order valence-electron chi connectivity index (χ4n) is 1.02. The third kappa shape index (κ3) is 2.38. The molecule has 0 aromatic heterocycles. The second-order valence-electron chi connectivity index (χ2n) is 2.61. The van der Waals surface area contributed by atoms with Gasteiger partial charge in [0.25, 0.3) is 0 Å². The van der Waals surface area contributed by atoms with Gasteiger partial charge in [0.1, 0.15) is 11.8 Å². The summed E-state index contributed by atoms with van der Waals surface area (Å²) in [5.74, 6) is -0.00469. The molecule has 1 aromatic carbocycles. The van der Waals surface area contributed by atoms with Crippen molar-refractivity contribution in [1.82, 2.24) is 5.32 Å². The van der Waals surface area contributed by atoms with E-state index in [0.717, 1.165) is 0 Å². The van der Waals surface area contributed by atoms with Gasteiger partial charge in [-0.1, -0.05) is 12.1 Å². The molecule has 0 saturated carbocycles. The number of amides is 1. The molecule has 0 bridgehead atoms. The number of nitrogens with zero attached hydrogens (tertiary/aromatic N) is 1. The van der Waals surface area contributed by atoms with Crippen LogP contribution < -0.4 is 5.32 Å². The van der Waals surface area contributed by atoms with Gasteiger partial charge in [0.15, 0.2) is 0 Å². The van der Waals surface area contributed by atoms with Crippen molar-refractivity contribution in [3.8, 4) is 11.8 Å². The number of aromatic hydroxyl groups is 1. The van der Waals surface area contributed by atoms with Crippen molar-refractivity contribution < 1.29 is 15.0 Å². The van der Waals surface area contributed by atoms with E-state index in [1.54, 1.807) is 18.2 Å². The van der Waals surface area contributed by atoms with Gasteiger partial charge in [-0.3, -0.25) is 0 Å². The number of nitriles is 1. The molecule has 0 aliphatic rings. The minimum Gasteiger partial charge on any atom is -0.508 e. The van der Waals surface area contributed by atoms with Crippen LogP contribution in [0.1, 0.15) is 11.6 Å². The van der Waals surface area contributed by atoms with Crippen molar-refractivity contribution >= 4 is 6.09 Å². The molecule has 0 aliphatic heterocycles. The third-order valence-electron chi connectivity index (χ3n) is 1.60. The monoisotopic (exact) mass is 192 g/mol. The number of carbonyl (C=O) groups is 1. The van der Waals surface area contributed by atoms with Crippen molar-refractivity contribution in [3.05, 3.63) is 29.8 Å². The van der Waals surface area contributed by atoms with E-state index in [9.17, 15) is 4.79 Å². The van der Waals surface area contributed by atoms with Gasteiger partial charge < -0.3 is 15.5 Å². The lowest BCUT2D eigenvalue weighted by molar-refractivity contribution is 0.192. The first kappa shape index (κ1) is 9.86. The molecule has 1 unspecified atom stereocenters. The van der Waals surface area contributed by atoms with Crippen molar-refractivity contribution in [2.24, 2.45) is 0 Å². The van der Waals surface area contributed by atoms with Gasteiger partial charge in [0, 0.05) is 0 Å². The Kier molecular flexibility index (Phi) is 2.92. The Morgan fingerprint density at radius 2 is 2.29 bits per heavy atom. The second kappa shape index (κ2) is 4.14. The highest BCUT2D eigenvalue weighted by molar-refractivity contribution is 5.65. The zero-order valence-electron chi connectivity index (χ0n) is 7.14. The highest BCUT2D eigenvalue weighted by atomic mass is 16.4. The van der Waals surface area contributed by atoms with E-state index in [1.807, 2.05) is 5.32 Å². The maximum absolute atomic E-state index is 10.3. The molecule has 0 fully saturated rings. The van der Waals surface area contributed by atoms with E-state index < -0.39 is 12.1 Å². The summed E-state index contributed by atoms with van der Waals surface area (Å²) < 4.78 is 0. The normalized spacial score (nSPS) is 11.4. The molecule has 0 radical (unpaired) electrons. The number of rotatable bonds is 2. The van der Waals surface area contributed by atoms with Gasteiger partial charge in [-0.25, -0.2) is 4.79 Å². The zero-order valence-corrected chi connectivity index (χ0v) is 7.14. The lowest BCUT2D eigenvalue weighted by Gasteiger charge is -2.08. The minimum atomic E-state index is -1.28. The first-order valence-electron chi connectivity index (χ1n) is 3.81. The largest absolute Gasteiger partial charge is 0.508 e. The topological polar surface area (TPSA) is 93.4 Å². The van der Waals surface area contributed by atoms with Gasteiger partial charge in [-0.05, 0) is 17.7 Å². The van der Waals surface area contributed by atoms with E-state index in [2.05, 4.69) is 0 Å². The molecule has 0 heterocycles. The van der Waals surface area contributed by atoms with Crippen LogP contribution >= 0.6 is 0 Å². The molecule has 1 aromatic rings. The van der Waals surface area contributed by atoms with Crippen LogP contribution in [0, 0.1) is 11.3 Å². The molecule has 0 saturated heterocycles. The quantitative estimate of drug-likeness (QED) is 0.656. The molecule has 14 heavy (non-hydrogen) atoms. The van der Waals surface area contributed by atoms with Gasteiger partial charge >= 0.3 is 6.09 Å². The van der Waals surface area contributed by atoms with E-state index in [0.29, 0.717) is 5.56 Å². The van der Waals surface area contributed by atoms with Crippen LogP contribution in [-0.4, -0.2) is 16.3 Å². The van der Waals surface area contributed by atoms with Crippen molar-refractivity contribution in [3.63, 3.8) is 0 Å². The van der Waals surface area contributed by atoms with Crippen molar-refractivity contribution in [1.29, 1.82) is 5.26 Å². The van der Waals surface area contributed by atoms with Gasteiger partial charge in [-0.15, -0.1) is 0 Å². The average molecular weight is 192 g/mol. The molecule has 5 heteroatoms. The molecule has 1 amide bonds. The van der Waals surface area contributed by atoms with Crippen LogP contribution in [0.2, 0.25) is 0 Å². The molecule has 3 N–H and O–H groups in total. The Bertz CT molecular complexity index is 384. The van der Waals surface area contributed by atoms with E-state index in [4.69, 9.17) is 15.5 Å². The van der Waals surface area contributed by atoms with Crippen LogP contribution in [0.3, 0.4) is 0 Å². The molecule has 1 rings (SSSR count). The molecular formula is C9H8N2O3. The number of nitrogens with one attached hydrogen (secondary N) is 1. The summed E-state index contributed by atoms with van der Waals surface area (Å²) in [4.78, 5) is 10.3. The Morgan fingerprint density at radius 1 is 1.57 bits per heavy atom. The summed E-state index contributed by atoms with van der Waals surface area (Å²) in [7, 11) is 0. The summed E-state index contributed by atoms with van der Waals surface area (Å²) >= 11 is 0. The van der Waals surface area contributed by atoms with Crippen LogP contribution in [0.15, 0.2) is 24.3 Å². The van der Waals surface area contributed by atoms with E-state index in [-0.39, 0.29) is 5.75 Å². The van der Waals surface area contributed by atoms with E-state index >= 15 is 0 Å². The maximum atomic E-state index is 10.3. The summed E-state index contributed by atoms with van der Waals surface area (Å²) in [6.07, 6.45) is -1.28. The molecule has 0 spiro atoms. The fraction of sp³-hybridized carbons (Fsp3) is 0.111. The summed E-state index contributed by atoms with van der Waals surface area (Å²) in [5.41, 5.74) is 0.412. The minimum absolute atomic E-state index is 0.00469. The molecule has 0 aliphatic carbocycles. The molecular weight excluding hydrogens is 184 g/mol. The predicted molar refractivity (Wildman–Crippen MR) is 47.6 cm³/mol. The Morgan fingerprint density at radius 3 is 2.79 bits per heavy atom. The Balaban J connectivity index is 2.90. The van der Waals surface area contributed by atoms with Crippen LogP contribution in [0.5, 0.6) is 5.75 Å². The highest BCUT2D eigenvalue weighted by Gasteiger charge is 2.12. The molecule has 1 atom stereocenters. The lowest BCUT2D eigenvalue weighted by Crippen LogP contribution is -2.25. The van der Waals surface area contributed by atoms with Gasteiger partial charge in [-0.2, -0.15) is 5.26 Å². The number of benzene rings is 1. The Labute approximate surface area is 80.2 Å². The van der Waals surface area contributed by atoms with Crippen molar-refractivity contribution in [2.75, 3.05) is 0 Å². The highest BCUT2D eigenvalue weighted by Crippen LogP contribution is 2.17. The lowest BCUT2D eigenvalue weighted by atomic mass is 10.1. The number of phenolic OH excluding ortho intramolecular Hbond substituents is 1. The van der Waals surface area contributed by atoms with Crippen LogP contribution in [-0.2, 0) is 0 Å². The van der Waals surface area contributed by atoms with Gasteiger partial charge in [0.05, 0.1) is 6.07 Å². The van der Waals surface area contributed by atoms with E-state index in [1.165, 1.54) is 12.1 Å². The van der Waals surface area contributed by atoms with Gasteiger partial charge in [0.2, 0.25) is 0 Å². The zero-order chi connectivity index (χ0) is 10.6. The second-order valence-corrected chi connectivity index (χ2v) is 2.61. The SMILES string of the molecule is N#CC(NC(=O)O)c1cccc(O)c1. The summed E-state index contributed by atoms with van der Waals surface area (Å²) in [5, 5.41) is 28.2. The summed E-state index contributed by atoms with van der Waals surface area (Å²) in [6, 6.07) is 6.69. The van der Waals surface area contributed by atoms with Crippen LogP contribution in [0.25, 0.3) is 0 Å². The molecule has 5 nitrogen and oxygen atoms in total. The standard InChI is InChI=1S/C9H8N2O3/c10-5-8(11-9(13)14)6-2-1-3-7(12)4-6/h1-4,8,11-12H,(H,13,14). The Hall–Kier alpha value is -2.22. The molecule has 72 valence electrons.